The lowest BCUT2D eigenvalue weighted by Gasteiger charge is -2.31. The second kappa shape index (κ2) is 8.21. The lowest BCUT2D eigenvalue weighted by Crippen LogP contribution is -2.38. The Bertz CT molecular complexity index is 693. The third-order valence-corrected chi connectivity index (χ3v) is 4.58. The van der Waals surface area contributed by atoms with E-state index in [1.807, 2.05) is 0 Å². The Labute approximate surface area is 146 Å². The van der Waals surface area contributed by atoms with Crippen LogP contribution in [0.2, 0.25) is 0 Å². The van der Waals surface area contributed by atoms with Crippen molar-refractivity contribution < 1.29 is 18.3 Å². The summed E-state index contributed by atoms with van der Waals surface area (Å²) in [5.41, 5.74) is 0.583. The molecular weight excluding hydrogens is 324 g/mol. The van der Waals surface area contributed by atoms with E-state index in [9.17, 15) is 13.6 Å². The van der Waals surface area contributed by atoms with E-state index in [1.54, 1.807) is 24.3 Å². The van der Waals surface area contributed by atoms with Gasteiger partial charge in [-0.15, -0.1) is 0 Å². The molecule has 3 rings (SSSR count). The molecule has 25 heavy (non-hydrogen) atoms. The summed E-state index contributed by atoms with van der Waals surface area (Å²) in [5.74, 6) is 0.150. The van der Waals surface area contributed by atoms with Crippen LogP contribution in [0.5, 0.6) is 5.75 Å². The molecule has 0 spiro atoms. The van der Waals surface area contributed by atoms with E-state index < -0.39 is 0 Å². The Kier molecular flexibility index (Phi) is 5.76. The van der Waals surface area contributed by atoms with Crippen LogP contribution in [0.4, 0.5) is 8.78 Å². The van der Waals surface area contributed by atoms with Gasteiger partial charge in [0.25, 0.3) is 0 Å². The first-order valence-corrected chi connectivity index (χ1v) is 8.52. The number of rotatable bonds is 6. The minimum absolute atomic E-state index is 0.000252. The first-order chi connectivity index (χ1) is 12.1. The van der Waals surface area contributed by atoms with Crippen LogP contribution in [0.3, 0.4) is 0 Å². The summed E-state index contributed by atoms with van der Waals surface area (Å²) < 4.78 is 31.4. The van der Waals surface area contributed by atoms with Gasteiger partial charge in [-0.25, -0.2) is 8.78 Å². The topological polar surface area (TPSA) is 29.5 Å². The summed E-state index contributed by atoms with van der Waals surface area (Å²) in [6, 6.07) is 11.8. The number of carbonyl (C=O) groups excluding carboxylic acids is 1. The zero-order valence-electron chi connectivity index (χ0n) is 14.0. The summed E-state index contributed by atoms with van der Waals surface area (Å²) in [6.07, 6.45) is 1.60. The van der Waals surface area contributed by atoms with Gasteiger partial charge in [-0.2, -0.15) is 0 Å². The molecule has 3 nitrogen and oxygen atoms in total. The van der Waals surface area contributed by atoms with Crippen molar-refractivity contribution >= 4 is 5.78 Å². The number of ether oxygens (including phenoxy) is 1. The van der Waals surface area contributed by atoms with Gasteiger partial charge in [0.1, 0.15) is 24.0 Å². The number of likely N-dealkylation sites (tertiary alicyclic amines) is 1. The van der Waals surface area contributed by atoms with Crippen LogP contribution in [-0.4, -0.2) is 36.9 Å². The normalized spacial score (nSPS) is 15.9. The minimum Gasteiger partial charge on any atom is -0.492 e. The highest BCUT2D eigenvalue weighted by Gasteiger charge is 2.25. The van der Waals surface area contributed by atoms with Crippen molar-refractivity contribution in [2.45, 2.75) is 12.8 Å². The lowest BCUT2D eigenvalue weighted by molar-refractivity contribution is 0.0827. The van der Waals surface area contributed by atoms with Gasteiger partial charge in [0.2, 0.25) is 0 Å². The maximum Gasteiger partial charge on any atom is 0.166 e. The summed E-state index contributed by atoms with van der Waals surface area (Å²) >= 11 is 0. The van der Waals surface area contributed by atoms with Crippen LogP contribution in [0, 0.1) is 17.6 Å². The fraction of sp³-hybridized carbons (Fsp3) is 0.350. The molecule has 0 aliphatic carbocycles. The number of nitrogens with zero attached hydrogens (tertiary/aromatic N) is 1. The molecule has 0 unspecified atom stereocenters. The first-order valence-electron chi connectivity index (χ1n) is 8.52. The molecule has 0 radical (unpaired) electrons. The van der Waals surface area contributed by atoms with Gasteiger partial charge in [-0.05, 0) is 74.5 Å². The molecule has 2 aromatic rings. The van der Waals surface area contributed by atoms with E-state index in [4.69, 9.17) is 4.74 Å². The van der Waals surface area contributed by atoms with Crippen molar-refractivity contribution in [1.82, 2.24) is 4.90 Å². The van der Waals surface area contributed by atoms with E-state index in [2.05, 4.69) is 4.90 Å². The van der Waals surface area contributed by atoms with E-state index in [-0.39, 0.29) is 23.3 Å². The van der Waals surface area contributed by atoms with Crippen LogP contribution in [0.15, 0.2) is 48.5 Å². The number of hydrogen-bond donors (Lipinski definition) is 0. The van der Waals surface area contributed by atoms with Gasteiger partial charge in [-0.1, -0.05) is 0 Å². The van der Waals surface area contributed by atoms with Crippen LogP contribution in [0.1, 0.15) is 23.2 Å². The van der Waals surface area contributed by atoms with E-state index in [0.717, 1.165) is 32.5 Å². The van der Waals surface area contributed by atoms with Crippen molar-refractivity contribution in [2.24, 2.45) is 5.92 Å². The Morgan fingerprint density at radius 3 is 2.12 bits per heavy atom. The zero-order chi connectivity index (χ0) is 17.6. The van der Waals surface area contributed by atoms with Gasteiger partial charge in [-0.3, -0.25) is 9.69 Å². The van der Waals surface area contributed by atoms with Crippen LogP contribution in [-0.2, 0) is 0 Å². The smallest absolute Gasteiger partial charge is 0.166 e. The number of ketones is 1. The monoisotopic (exact) mass is 345 g/mol. The second-order valence-corrected chi connectivity index (χ2v) is 6.29. The number of Topliss-reactive ketones (excluding diaryl/α,β-unsaturated/α-hetero) is 1. The van der Waals surface area contributed by atoms with Gasteiger partial charge in [0.15, 0.2) is 5.78 Å². The van der Waals surface area contributed by atoms with Crippen LogP contribution < -0.4 is 4.74 Å². The van der Waals surface area contributed by atoms with E-state index in [0.29, 0.717) is 17.9 Å². The van der Waals surface area contributed by atoms with Crippen molar-refractivity contribution in [3.05, 3.63) is 65.7 Å². The number of piperidine rings is 1. The number of halogens is 2. The Hall–Kier alpha value is -2.27. The number of carbonyl (C=O) groups is 1. The average Bonchev–Trinajstić information content (AvgIpc) is 2.64. The summed E-state index contributed by atoms with van der Waals surface area (Å²) in [4.78, 5) is 14.7. The lowest BCUT2D eigenvalue weighted by atomic mass is 9.89. The standard InChI is InChI=1S/C20H21F2NO2/c21-17-3-1-15(2-4-17)20(24)16-9-11-23(12-10-16)13-14-25-19-7-5-18(22)6-8-19/h1-8,16H,9-14H2. The maximum atomic E-state index is 13.0. The predicted molar refractivity (Wildman–Crippen MR) is 91.8 cm³/mol. The van der Waals surface area contributed by atoms with Crippen LogP contribution >= 0.6 is 0 Å². The maximum absolute atomic E-state index is 13.0. The molecule has 132 valence electrons. The highest BCUT2D eigenvalue weighted by molar-refractivity contribution is 5.97. The number of hydrogen-bond acceptors (Lipinski definition) is 3. The molecule has 1 aliphatic heterocycles. The fourth-order valence-electron chi connectivity index (χ4n) is 3.09. The first kappa shape index (κ1) is 17.5. The van der Waals surface area contributed by atoms with Gasteiger partial charge >= 0.3 is 0 Å². The average molecular weight is 345 g/mol. The summed E-state index contributed by atoms with van der Waals surface area (Å²) in [5, 5.41) is 0. The van der Waals surface area contributed by atoms with Gasteiger partial charge in [0, 0.05) is 18.0 Å². The van der Waals surface area contributed by atoms with Gasteiger partial charge < -0.3 is 4.74 Å². The second-order valence-electron chi connectivity index (χ2n) is 6.29. The molecule has 0 saturated carbocycles. The third kappa shape index (κ3) is 4.86. The SMILES string of the molecule is O=C(c1ccc(F)cc1)C1CCN(CCOc2ccc(F)cc2)CC1. The molecule has 1 heterocycles. The van der Waals surface area contributed by atoms with Gasteiger partial charge in [0.05, 0.1) is 0 Å². The fourth-order valence-corrected chi connectivity index (χ4v) is 3.09. The molecule has 0 atom stereocenters. The molecule has 0 bridgehead atoms. The summed E-state index contributed by atoms with van der Waals surface area (Å²) in [7, 11) is 0. The molecule has 0 N–H and O–H groups in total. The van der Waals surface area contributed by atoms with Crippen LogP contribution in [0.25, 0.3) is 0 Å². The van der Waals surface area contributed by atoms with Crippen molar-refractivity contribution in [2.75, 3.05) is 26.2 Å². The Balaban J connectivity index is 1.41. The third-order valence-electron chi connectivity index (χ3n) is 4.58. The van der Waals surface area contributed by atoms with E-state index >= 15 is 0 Å². The molecule has 0 amide bonds. The molecule has 2 aromatic carbocycles. The largest absolute Gasteiger partial charge is 0.492 e. The quantitative estimate of drug-likeness (QED) is 0.743. The highest BCUT2D eigenvalue weighted by Crippen LogP contribution is 2.22. The molecule has 0 aromatic heterocycles. The molecule has 1 aliphatic rings. The zero-order valence-corrected chi connectivity index (χ0v) is 14.0. The minimum atomic E-state index is -0.326. The molecular formula is C20H21F2NO2. The van der Waals surface area contributed by atoms with Crippen molar-refractivity contribution in [3.8, 4) is 5.75 Å². The highest BCUT2D eigenvalue weighted by atomic mass is 19.1. The van der Waals surface area contributed by atoms with Crippen molar-refractivity contribution in [1.29, 1.82) is 0 Å². The molecule has 5 heteroatoms. The van der Waals surface area contributed by atoms with Crippen molar-refractivity contribution in [3.63, 3.8) is 0 Å². The summed E-state index contributed by atoms with van der Waals surface area (Å²) in [6.45, 7) is 2.98. The predicted octanol–water partition coefficient (Wildman–Crippen LogP) is 3.94. The van der Waals surface area contributed by atoms with E-state index in [1.165, 1.54) is 24.3 Å². The Morgan fingerprint density at radius 1 is 0.960 bits per heavy atom. The molecule has 1 saturated heterocycles. The molecule has 1 fully saturated rings. The number of benzene rings is 2. The Morgan fingerprint density at radius 2 is 1.52 bits per heavy atom.